The molecule has 1 N–H and O–H groups in total. The largest absolute Gasteiger partial charge is 0.469 e. The second kappa shape index (κ2) is 9.61. The summed E-state index contributed by atoms with van der Waals surface area (Å²) < 4.78 is 4.72. The molecule has 0 radical (unpaired) electrons. The molecule has 23 heavy (non-hydrogen) atoms. The Morgan fingerprint density at radius 2 is 1.87 bits per heavy atom. The highest BCUT2D eigenvalue weighted by molar-refractivity contribution is 5.94. The Balaban J connectivity index is 2.73. The highest BCUT2D eigenvalue weighted by Gasteiger charge is 2.22. The Bertz CT molecular complexity index is 531. The maximum Gasteiger partial charge on any atom is 0.310 e. The summed E-state index contributed by atoms with van der Waals surface area (Å²) in [5.41, 5.74) is 0.573. The summed E-state index contributed by atoms with van der Waals surface area (Å²) in [7, 11) is 1.33. The van der Waals surface area contributed by atoms with Crippen LogP contribution >= 0.6 is 0 Å². The number of methoxy groups -OCH3 is 1. The molecule has 0 aliphatic heterocycles. The van der Waals surface area contributed by atoms with Gasteiger partial charge in [-0.15, -0.1) is 0 Å². The van der Waals surface area contributed by atoms with Gasteiger partial charge in [-0.1, -0.05) is 25.1 Å². The van der Waals surface area contributed by atoms with Gasteiger partial charge in [0, 0.05) is 32.1 Å². The lowest BCUT2D eigenvalue weighted by molar-refractivity contribution is -0.145. The summed E-state index contributed by atoms with van der Waals surface area (Å²) in [4.78, 5) is 36.7. The Morgan fingerprint density at radius 3 is 2.43 bits per heavy atom. The third kappa shape index (κ3) is 6.50. The van der Waals surface area contributed by atoms with Crippen LogP contribution in [0.25, 0.3) is 0 Å². The summed E-state index contributed by atoms with van der Waals surface area (Å²) in [6.45, 7) is 4.40. The maximum atomic E-state index is 12.6. The van der Waals surface area contributed by atoms with E-state index < -0.39 is 5.92 Å². The van der Waals surface area contributed by atoms with Gasteiger partial charge in [-0.2, -0.15) is 0 Å². The Morgan fingerprint density at radius 1 is 1.22 bits per heavy atom. The van der Waals surface area contributed by atoms with Gasteiger partial charge < -0.3 is 15.0 Å². The molecular formula is C17H24N2O4. The van der Waals surface area contributed by atoms with Crippen molar-refractivity contribution in [2.45, 2.75) is 20.3 Å². The van der Waals surface area contributed by atoms with Gasteiger partial charge in [-0.3, -0.25) is 14.4 Å². The van der Waals surface area contributed by atoms with Crippen molar-refractivity contribution < 1.29 is 19.1 Å². The van der Waals surface area contributed by atoms with Crippen molar-refractivity contribution in [1.82, 2.24) is 10.2 Å². The number of carbonyl (C=O) groups excluding carboxylic acids is 3. The number of hydrogen-bond acceptors (Lipinski definition) is 4. The van der Waals surface area contributed by atoms with Crippen molar-refractivity contribution in [2.24, 2.45) is 5.92 Å². The Labute approximate surface area is 136 Å². The van der Waals surface area contributed by atoms with E-state index in [1.54, 1.807) is 36.1 Å². The predicted molar refractivity (Wildman–Crippen MR) is 86.8 cm³/mol. The van der Waals surface area contributed by atoms with Gasteiger partial charge in [-0.05, 0) is 18.6 Å². The summed E-state index contributed by atoms with van der Waals surface area (Å²) >= 11 is 0. The summed E-state index contributed by atoms with van der Waals surface area (Å²) in [6.07, 6.45) is 0.617. The maximum absolute atomic E-state index is 12.6. The minimum absolute atomic E-state index is 0.103. The summed E-state index contributed by atoms with van der Waals surface area (Å²) in [5, 5.41) is 2.70. The average molecular weight is 320 g/mol. The first-order valence-corrected chi connectivity index (χ1v) is 7.62. The zero-order valence-corrected chi connectivity index (χ0v) is 13.9. The monoisotopic (exact) mass is 320 g/mol. The van der Waals surface area contributed by atoms with Crippen LogP contribution in [0, 0.1) is 5.92 Å². The first-order chi connectivity index (χ1) is 11.0. The molecule has 6 heteroatoms. The van der Waals surface area contributed by atoms with Gasteiger partial charge in [0.15, 0.2) is 0 Å². The zero-order valence-electron chi connectivity index (χ0n) is 13.9. The van der Waals surface area contributed by atoms with Gasteiger partial charge in [0.1, 0.15) is 0 Å². The molecule has 2 amide bonds. The molecule has 0 spiro atoms. The summed E-state index contributed by atoms with van der Waals surface area (Å²) in [6, 6.07) is 8.92. The van der Waals surface area contributed by atoms with E-state index in [1.807, 2.05) is 6.07 Å². The van der Waals surface area contributed by atoms with Gasteiger partial charge in [0.2, 0.25) is 5.91 Å². The molecule has 0 fully saturated rings. The molecule has 1 aromatic rings. The third-order valence-electron chi connectivity index (χ3n) is 3.38. The standard InChI is InChI=1S/C17H24N2O4/c1-13(17(22)23-3)12-19(11-7-10-18-14(2)20)16(21)15-8-5-4-6-9-15/h4-6,8-9,13H,7,10-12H2,1-3H3,(H,18,20). The molecule has 1 rings (SSSR count). The topological polar surface area (TPSA) is 75.7 Å². The van der Waals surface area contributed by atoms with Crippen LogP contribution in [-0.4, -0.2) is 49.4 Å². The fourth-order valence-electron chi connectivity index (χ4n) is 2.18. The molecule has 0 aliphatic carbocycles. The number of benzene rings is 1. The lowest BCUT2D eigenvalue weighted by atomic mass is 10.1. The van der Waals surface area contributed by atoms with Crippen LogP contribution in [0.1, 0.15) is 30.6 Å². The number of ether oxygens (including phenoxy) is 1. The number of amides is 2. The Hall–Kier alpha value is -2.37. The molecule has 1 aromatic carbocycles. The fraction of sp³-hybridized carbons (Fsp3) is 0.471. The van der Waals surface area contributed by atoms with Gasteiger partial charge in [0.05, 0.1) is 13.0 Å². The fourth-order valence-corrected chi connectivity index (χ4v) is 2.18. The molecule has 0 bridgehead atoms. The van der Waals surface area contributed by atoms with Crippen LogP contribution in [0.15, 0.2) is 30.3 Å². The van der Waals surface area contributed by atoms with Crippen LogP contribution in [0.4, 0.5) is 0 Å². The van der Waals surface area contributed by atoms with Crippen LogP contribution in [0.3, 0.4) is 0 Å². The lowest BCUT2D eigenvalue weighted by Gasteiger charge is -2.25. The first kappa shape index (κ1) is 18.7. The molecule has 6 nitrogen and oxygen atoms in total. The van der Waals surface area contributed by atoms with Crippen molar-refractivity contribution >= 4 is 17.8 Å². The lowest BCUT2D eigenvalue weighted by Crippen LogP contribution is -2.39. The van der Waals surface area contributed by atoms with Crippen molar-refractivity contribution in [3.05, 3.63) is 35.9 Å². The second-order valence-electron chi connectivity index (χ2n) is 5.38. The van der Waals surface area contributed by atoms with E-state index in [1.165, 1.54) is 14.0 Å². The van der Waals surface area contributed by atoms with E-state index in [0.29, 0.717) is 25.1 Å². The third-order valence-corrected chi connectivity index (χ3v) is 3.38. The van der Waals surface area contributed by atoms with Crippen LogP contribution in [-0.2, 0) is 14.3 Å². The molecule has 0 saturated heterocycles. The van der Waals surface area contributed by atoms with E-state index >= 15 is 0 Å². The molecule has 0 heterocycles. The van der Waals surface area contributed by atoms with Gasteiger partial charge >= 0.3 is 5.97 Å². The molecule has 126 valence electrons. The van der Waals surface area contributed by atoms with E-state index in [9.17, 15) is 14.4 Å². The highest BCUT2D eigenvalue weighted by Crippen LogP contribution is 2.09. The van der Waals surface area contributed by atoms with Gasteiger partial charge in [0.25, 0.3) is 5.91 Å². The first-order valence-electron chi connectivity index (χ1n) is 7.62. The van der Waals surface area contributed by atoms with Crippen LogP contribution in [0.5, 0.6) is 0 Å². The van der Waals surface area contributed by atoms with E-state index in [4.69, 9.17) is 4.74 Å². The van der Waals surface area contributed by atoms with E-state index in [-0.39, 0.29) is 24.3 Å². The van der Waals surface area contributed by atoms with E-state index in [0.717, 1.165) is 0 Å². The van der Waals surface area contributed by atoms with Crippen LogP contribution in [0.2, 0.25) is 0 Å². The van der Waals surface area contributed by atoms with Crippen molar-refractivity contribution in [3.63, 3.8) is 0 Å². The van der Waals surface area contributed by atoms with Crippen molar-refractivity contribution in [1.29, 1.82) is 0 Å². The zero-order chi connectivity index (χ0) is 17.2. The highest BCUT2D eigenvalue weighted by atomic mass is 16.5. The van der Waals surface area contributed by atoms with Crippen LogP contribution < -0.4 is 5.32 Å². The smallest absolute Gasteiger partial charge is 0.310 e. The molecule has 1 atom stereocenters. The second-order valence-corrected chi connectivity index (χ2v) is 5.38. The quantitative estimate of drug-likeness (QED) is 0.581. The molecule has 0 aliphatic rings. The van der Waals surface area contributed by atoms with Gasteiger partial charge in [-0.25, -0.2) is 0 Å². The SMILES string of the molecule is COC(=O)C(C)CN(CCCNC(C)=O)C(=O)c1ccccc1. The van der Waals surface area contributed by atoms with Crippen molar-refractivity contribution in [3.8, 4) is 0 Å². The number of nitrogens with zero attached hydrogens (tertiary/aromatic N) is 1. The molecular weight excluding hydrogens is 296 g/mol. The minimum atomic E-state index is -0.409. The number of hydrogen-bond donors (Lipinski definition) is 1. The molecule has 0 aromatic heterocycles. The summed E-state index contributed by atoms with van der Waals surface area (Å²) in [5.74, 6) is -0.996. The Kier molecular flexibility index (Phi) is 7.80. The van der Waals surface area contributed by atoms with E-state index in [2.05, 4.69) is 5.32 Å². The normalized spacial score (nSPS) is 11.4. The minimum Gasteiger partial charge on any atom is -0.469 e. The molecule has 0 saturated carbocycles. The number of nitrogens with one attached hydrogen (secondary N) is 1. The number of carbonyl (C=O) groups is 3. The molecule has 1 unspecified atom stereocenters. The average Bonchev–Trinajstić information content (AvgIpc) is 2.56. The predicted octanol–water partition coefficient (Wildman–Crippen LogP) is 1.46. The number of rotatable bonds is 8. The van der Waals surface area contributed by atoms with Crippen molar-refractivity contribution in [2.75, 3.05) is 26.7 Å². The number of esters is 1.